The van der Waals surface area contributed by atoms with Crippen LogP contribution in [0.1, 0.15) is 31.9 Å². The first-order chi connectivity index (χ1) is 9.26. The predicted octanol–water partition coefficient (Wildman–Crippen LogP) is 3.27. The normalized spacial score (nSPS) is 20.3. The molecule has 0 spiro atoms. The van der Waals surface area contributed by atoms with E-state index in [1.54, 1.807) is 0 Å². The zero-order valence-corrected chi connectivity index (χ0v) is 12.4. The summed E-state index contributed by atoms with van der Waals surface area (Å²) in [5.41, 5.74) is 0.930. The first-order valence-electron chi connectivity index (χ1n) is 6.91. The summed E-state index contributed by atoms with van der Waals surface area (Å²) in [7, 11) is 0. The van der Waals surface area contributed by atoms with Crippen molar-refractivity contribution >= 4 is 11.8 Å². The van der Waals surface area contributed by atoms with Crippen LogP contribution < -0.4 is 9.47 Å². The molecule has 0 radical (unpaired) electrons. The van der Waals surface area contributed by atoms with Crippen LogP contribution in [-0.4, -0.2) is 29.8 Å². The van der Waals surface area contributed by atoms with Gasteiger partial charge in [-0.25, -0.2) is 0 Å². The van der Waals surface area contributed by atoms with Gasteiger partial charge in [0, 0.05) is 0 Å². The largest absolute Gasteiger partial charge is 0.490 e. The average Bonchev–Trinajstić information content (AvgIpc) is 2.94. The van der Waals surface area contributed by atoms with E-state index in [1.807, 2.05) is 43.8 Å². The quantitative estimate of drug-likeness (QED) is 0.869. The number of hydrogen-bond donors (Lipinski definition) is 1. The Morgan fingerprint density at radius 3 is 2.63 bits per heavy atom. The van der Waals surface area contributed by atoms with Gasteiger partial charge in [-0.1, -0.05) is 6.07 Å². The molecule has 0 bridgehead atoms. The van der Waals surface area contributed by atoms with Crippen LogP contribution in [0.2, 0.25) is 0 Å². The predicted molar refractivity (Wildman–Crippen MR) is 79.2 cm³/mol. The molecule has 2 rings (SSSR count). The lowest BCUT2D eigenvalue weighted by Crippen LogP contribution is -2.12. The Morgan fingerprint density at radius 1 is 1.26 bits per heavy atom. The summed E-state index contributed by atoms with van der Waals surface area (Å²) in [6, 6.07) is 5.76. The molecule has 1 saturated heterocycles. The fourth-order valence-electron chi connectivity index (χ4n) is 2.33. The van der Waals surface area contributed by atoms with Crippen LogP contribution in [0.25, 0.3) is 0 Å². The van der Waals surface area contributed by atoms with E-state index in [0.29, 0.717) is 19.1 Å². The van der Waals surface area contributed by atoms with Crippen molar-refractivity contribution in [1.82, 2.24) is 0 Å². The Morgan fingerprint density at radius 2 is 2.00 bits per heavy atom. The molecule has 3 nitrogen and oxygen atoms in total. The molecule has 0 aliphatic carbocycles. The lowest BCUT2D eigenvalue weighted by Gasteiger charge is -2.19. The molecule has 106 valence electrons. The molecular formula is C15H22O3S. The Bertz CT molecular complexity index is 402. The van der Waals surface area contributed by atoms with Gasteiger partial charge in [0.15, 0.2) is 11.5 Å². The van der Waals surface area contributed by atoms with Gasteiger partial charge < -0.3 is 14.6 Å². The van der Waals surface area contributed by atoms with E-state index in [0.717, 1.165) is 35.0 Å². The van der Waals surface area contributed by atoms with Gasteiger partial charge in [0.2, 0.25) is 0 Å². The highest BCUT2D eigenvalue weighted by Crippen LogP contribution is 2.37. The number of aliphatic hydroxyl groups is 1. The lowest BCUT2D eigenvalue weighted by molar-refractivity contribution is 0.121. The minimum Gasteiger partial charge on any atom is -0.490 e. The van der Waals surface area contributed by atoms with Crippen LogP contribution in [0.3, 0.4) is 0 Å². The van der Waals surface area contributed by atoms with E-state index in [4.69, 9.17) is 9.47 Å². The van der Waals surface area contributed by atoms with Gasteiger partial charge in [-0.3, -0.25) is 0 Å². The number of hydrogen-bond acceptors (Lipinski definition) is 4. The Hall–Kier alpha value is -0.870. The molecule has 1 N–H and O–H groups in total. The molecule has 4 heteroatoms. The second-order valence-electron chi connectivity index (χ2n) is 4.64. The molecule has 0 aromatic heterocycles. The van der Waals surface area contributed by atoms with Crippen LogP contribution >= 0.6 is 11.8 Å². The van der Waals surface area contributed by atoms with Gasteiger partial charge >= 0.3 is 0 Å². The second-order valence-corrected chi connectivity index (χ2v) is 5.79. The summed E-state index contributed by atoms with van der Waals surface area (Å²) in [5.74, 6) is 4.03. The molecule has 1 aromatic rings. The topological polar surface area (TPSA) is 38.7 Å². The molecule has 1 aromatic carbocycles. The van der Waals surface area contributed by atoms with Crippen LogP contribution in [-0.2, 0) is 0 Å². The third-order valence-corrected chi connectivity index (χ3v) is 4.51. The minimum absolute atomic E-state index is 0.359. The number of thioether (sulfide) groups is 1. The van der Waals surface area contributed by atoms with E-state index >= 15 is 0 Å². The van der Waals surface area contributed by atoms with Gasteiger partial charge in [0.05, 0.1) is 19.3 Å². The van der Waals surface area contributed by atoms with Crippen molar-refractivity contribution in [3.8, 4) is 11.5 Å². The first kappa shape index (κ1) is 14.5. The Kier molecular flexibility index (Phi) is 5.40. The van der Waals surface area contributed by atoms with E-state index in [9.17, 15) is 5.11 Å². The molecule has 2 unspecified atom stereocenters. The number of ether oxygens (including phenoxy) is 2. The maximum absolute atomic E-state index is 10.4. The van der Waals surface area contributed by atoms with E-state index < -0.39 is 6.10 Å². The number of aliphatic hydroxyl groups excluding tert-OH is 1. The van der Waals surface area contributed by atoms with Crippen molar-refractivity contribution in [3.63, 3.8) is 0 Å². The SMILES string of the molecule is CCOc1ccc(C(O)C2CCSC2)cc1OCC. The van der Waals surface area contributed by atoms with E-state index in [1.165, 1.54) is 0 Å². The van der Waals surface area contributed by atoms with Gasteiger partial charge in [-0.05, 0) is 55.4 Å². The van der Waals surface area contributed by atoms with Gasteiger partial charge in [-0.2, -0.15) is 11.8 Å². The first-order valence-corrected chi connectivity index (χ1v) is 8.07. The van der Waals surface area contributed by atoms with E-state index in [-0.39, 0.29) is 0 Å². The fraction of sp³-hybridized carbons (Fsp3) is 0.600. The highest BCUT2D eigenvalue weighted by molar-refractivity contribution is 7.99. The molecule has 2 atom stereocenters. The Balaban J connectivity index is 2.18. The smallest absolute Gasteiger partial charge is 0.161 e. The standard InChI is InChI=1S/C15H22O3S/c1-3-17-13-6-5-11(9-14(13)18-4-2)15(16)12-7-8-19-10-12/h5-6,9,12,15-16H,3-4,7-8,10H2,1-2H3. The van der Waals surface area contributed by atoms with Crippen molar-refractivity contribution in [2.45, 2.75) is 26.4 Å². The van der Waals surface area contributed by atoms with Crippen LogP contribution in [0.4, 0.5) is 0 Å². The van der Waals surface area contributed by atoms with Gasteiger partial charge in [0.1, 0.15) is 0 Å². The molecule has 1 aliphatic rings. The lowest BCUT2D eigenvalue weighted by atomic mass is 9.95. The summed E-state index contributed by atoms with van der Waals surface area (Å²) in [6.45, 7) is 5.11. The van der Waals surface area contributed by atoms with Crippen LogP contribution in [0, 0.1) is 5.92 Å². The monoisotopic (exact) mass is 282 g/mol. The summed E-state index contributed by atoms with van der Waals surface area (Å²) in [4.78, 5) is 0. The third kappa shape index (κ3) is 3.57. The fourth-order valence-corrected chi connectivity index (χ4v) is 3.61. The highest BCUT2D eigenvalue weighted by Gasteiger charge is 2.25. The van der Waals surface area contributed by atoms with Crippen LogP contribution in [0.15, 0.2) is 18.2 Å². The number of rotatable bonds is 6. The van der Waals surface area contributed by atoms with Crippen molar-refractivity contribution < 1.29 is 14.6 Å². The van der Waals surface area contributed by atoms with Gasteiger partial charge in [-0.15, -0.1) is 0 Å². The second kappa shape index (κ2) is 7.06. The molecule has 1 aliphatic heterocycles. The third-order valence-electron chi connectivity index (χ3n) is 3.32. The van der Waals surface area contributed by atoms with E-state index in [2.05, 4.69) is 0 Å². The Labute approximate surface area is 119 Å². The minimum atomic E-state index is -0.398. The zero-order valence-electron chi connectivity index (χ0n) is 11.6. The molecule has 1 fully saturated rings. The average molecular weight is 282 g/mol. The molecule has 19 heavy (non-hydrogen) atoms. The molecule has 0 amide bonds. The molecule has 0 saturated carbocycles. The van der Waals surface area contributed by atoms with Crippen molar-refractivity contribution in [2.75, 3.05) is 24.7 Å². The van der Waals surface area contributed by atoms with Crippen LogP contribution in [0.5, 0.6) is 11.5 Å². The summed E-state index contributed by atoms with van der Waals surface area (Å²) >= 11 is 1.91. The summed E-state index contributed by atoms with van der Waals surface area (Å²) < 4.78 is 11.1. The van der Waals surface area contributed by atoms with Gasteiger partial charge in [0.25, 0.3) is 0 Å². The van der Waals surface area contributed by atoms with Crippen molar-refractivity contribution in [1.29, 1.82) is 0 Å². The number of benzene rings is 1. The van der Waals surface area contributed by atoms with Crippen molar-refractivity contribution in [3.05, 3.63) is 23.8 Å². The summed E-state index contributed by atoms with van der Waals surface area (Å²) in [6.07, 6.45) is 0.688. The highest BCUT2D eigenvalue weighted by atomic mass is 32.2. The maximum Gasteiger partial charge on any atom is 0.161 e. The molecular weight excluding hydrogens is 260 g/mol. The maximum atomic E-state index is 10.4. The van der Waals surface area contributed by atoms with Crippen molar-refractivity contribution in [2.24, 2.45) is 5.92 Å². The molecule has 1 heterocycles. The zero-order chi connectivity index (χ0) is 13.7. The summed E-state index contributed by atoms with van der Waals surface area (Å²) in [5, 5.41) is 10.4.